The fraction of sp³-hybridized carbons (Fsp3) is 0.588. The summed E-state index contributed by atoms with van der Waals surface area (Å²) in [6, 6.07) is 8.73. The van der Waals surface area contributed by atoms with Crippen LogP contribution in [0.4, 0.5) is 4.79 Å². The normalized spacial score (nSPS) is 33.8. The van der Waals surface area contributed by atoms with E-state index in [2.05, 4.69) is 5.32 Å². The summed E-state index contributed by atoms with van der Waals surface area (Å²) in [6.45, 7) is 1.68. The molecule has 0 radical (unpaired) electrons. The lowest BCUT2D eigenvalue weighted by Crippen LogP contribution is -2.62. The van der Waals surface area contributed by atoms with Crippen LogP contribution in [0.15, 0.2) is 30.3 Å². The number of fused-ring (bicyclic) bond motifs is 1. The van der Waals surface area contributed by atoms with Gasteiger partial charge in [0, 0.05) is 11.5 Å². The Morgan fingerprint density at radius 2 is 2.00 bits per heavy atom. The molecule has 2 fully saturated rings. The predicted octanol–water partition coefficient (Wildman–Crippen LogP) is 2.92. The fourth-order valence-corrected chi connectivity index (χ4v) is 3.33. The average molecular weight is 441 g/mol. The van der Waals surface area contributed by atoms with Crippen molar-refractivity contribution < 1.29 is 28.8 Å². The molecule has 3 rings (SSSR count). The standard InChI is InChI=1S/C17H20Cl3NO6/c1-9-12(21-16(23)25-8-17(18,19)20)14(22)26-11-7-24-15(27-13(9)11)10-5-3-2-4-6-10/h2-6,9,11-15,22H,7-8H2,1H3,(H,21,23)/t9-,11?,12?,13+,14?,15?/m1/s1. The first-order chi connectivity index (χ1) is 12.7. The topological polar surface area (TPSA) is 86.3 Å². The molecular formula is C17H20Cl3NO6. The Morgan fingerprint density at radius 3 is 2.67 bits per heavy atom. The molecule has 10 heteroatoms. The second-order valence-corrected chi connectivity index (χ2v) is 8.98. The van der Waals surface area contributed by atoms with E-state index in [0.29, 0.717) is 0 Å². The summed E-state index contributed by atoms with van der Waals surface area (Å²) in [4.78, 5) is 12.0. The molecular weight excluding hydrogens is 421 g/mol. The molecule has 0 aromatic heterocycles. The van der Waals surface area contributed by atoms with E-state index in [4.69, 9.17) is 53.8 Å². The number of aliphatic hydroxyl groups is 1. The van der Waals surface area contributed by atoms with Crippen LogP contribution >= 0.6 is 34.8 Å². The van der Waals surface area contributed by atoms with Gasteiger partial charge in [0.2, 0.25) is 3.79 Å². The maximum absolute atomic E-state index is 12.0. The lowest BCUT2D eigenvalue weighted by molar-refractivity contribution is -0.328. The van der Waals surface area contributed by atoms with E-state index < -0.39 is 47.3 Å². The Bertz CT molecular complexity index is 643. The minimum Gasteiger partial charge on any atom is -0.445 e. The zero-order chi connectivity index (χ0) is 19.6. The number of benzene rings is 1. The molecule has 0 aliphatic carbocycles. The number of rotatable bonds is 3. The summed E-state index contributed by atoms with van der Waals surface area (Å²) >= 11 is 16.7. The molecule has 7 nitrogen and oxygen atoms in total. The summed E-state index contributed by atoms with van der Waals surface area (Å²) in [5.74, 6) is -0.283. The van der Waals surface area contributed by atoms with Crippen molar-refractivity contribution in [1.82, 2.24) is 5.32 Å². The quantitative estimate of drug-likeness (QED) is 0.703. The van der Waals surface area contributed by atoms with Crippen molar-refractivity contribution in [2.24, 2.45) is 5.92 Å². The van der Waals surface area contributed by atoms with E-state index in [1.54, 1.807) is 0 Å². The van der Waals surface area contributed by atoms with Gasteiger partial charge >= 0.3 is 6.09 Å². The largest absolute Gasteiger partial charge is 0.445 e. The van der Waals surface area contributed by atoms with E-state index in [-0.39, 0.29) is 12.5 Å². The average Bonchev–Trinajstić information content (AvgIpc) is 2.63. The van der Waals surface area contributed by atoms with Gasteiger partial charge in [-0.05, 0) is 0 Å². The Morgan fingerprint density at radius 1 is 1.30 bits per heavy atom. The molecule has 0 spiro atoms. The van der Waals surface area contributed by atoms with Crippen LogP contribution in [0.1, 0.15) is 18.8 Å². The molecule has 150 valence electrons. The number of nitrogens with one attached hydrogen (secondary N) is 1. The Kier molecular flexibility index (Phi) is 6.74. The van der Waals surface area contributed by atoms with Gasteiger partial charge in [0.25, 0.3) is 0 Å². The van der Waals surface area contributed by atoms with Crippen LogP contribution in [-0.2, 0) is 18.9 Å². The van der Waals surface area contributed by atoms with Gasteiger partial charge in [-0.25, -0.2) is 4.79 Å². The third-order valence-electron chi connectivity index (χ3n) is 4.49. The monoisotopic (exact) mass is 439 g/mol. The number of amides is 1. The minimum atomic E-state index is -1.72. The zero-order valence-corrected chi connectivity index (χ0v) is 16.7. The second-order valence-electron chi connectivity index (χ2n) is 6.46. The number of hydrogen-bond donors (Lipinski definition) is 2. The van der Waals surface area contributed by atoms with Crippen LogP contribution in [0.5, 0.6) is 0 Å². The van der Waals surface area contributed by atoms with Crippen molar-refractivity contribution in [2.75, 3.05) is 13.2 Å². The number of hydrogen-bond acceptors (Lipinski definition) is 6. The van der Waals surface area contributed by atoms with Gasteiger partial charge in [-0.1, -0.05) is 72.1 Å². The van der Waals surface area contributed by atoms with Crippen LogP contribution in [-0.4, -0.2) is 52.7 Å². The van der Waals surface area contributed by atoms with Gasteiger partial charge in [0.1, 0.15) is 12.7 Å². The number of carbonyl (C=O) groups excluding carboxylic acids is 1. The Hall–Kier alpha value is -0.800. The summed E-state index contributed by atoms with van der Waals surface area (Å²) < 4.78 is 20.5. The van der Waals surface area contributed by atoms with Crippen molar-refractivity contribution in [3.8, 4) is 0 Å². The molecule has 1 aromatic rings. The number of ether oxygens (including phenoxy) is 4. The minimum absolute atomic E-state index is 0.260. The molecule has 4 unspecified atom stereocenters. The molecule has 2 aliphatic heterocycles. The lowest BCUT2D eigenvalue weighted by atomic mass is 9.88. The molecule has 2 heterocycles. The van der Waals surface area contributed by atoms with Crippen LogP contribution in [0.3, 0.4) is 0 Å². The number of alkyl halides is 3. The third-order valence-corrected chi connectivity index (χ3v) is 4.82. The first-order valence-corrected chi connectivity index (χ1v) is 9.53. The van der Waals surface area contributed by atoms with Crippen LogP contribution < -0.4 is 5.32 Å². The molecule has 27 heavy (non-hydrogen) atoms. The van der Waals surface area contributed by atoms with Crippen LogP contribution in [0, 0.1) is 5.92 Å². The van der Waals surface area contributed by atoms with E-state index in [1.807, 2.05) is 37.3 Å². The molecule has 6 atom stereocenters. The van der Waals surface area contributed by atoms with E-state index in [1.165, 1.54) is 0 Å². The second kappa shape index (κ2) is 8.69. The molecule has 1 aromatic carbocycles. The van der Waals surface area contributed by atoms with Crippen molar-refractivity contribution in [3.05, 3.63) is 35.9 Å². The number of aliphatic hydroxyl groups excluding tert-OH is 1. The molecule has 2 N–H and O–H groups in total. The zero-order valence-electron chi connectivity index (χ0n) is 14.4. The van der Waals surface area contributed by atoms with Crippen molar-refractivity contribution in [2.45, 2.75) is 41.5 Å². The first-order valence-electron chi connectivity index (χ1n) is 8.40. The smallest absolute Gasteiger partial charge is 0.407 e. The summed E-state index contributed by atoms with van der Waals surface area (Å²) in [5, 5.41) is 12.8. The fourth-order valence-electron chi connectivity index (χ4n) is 3.17. The highest BCUT2D eigenvalue weighted by atomic mass is 35.6. The number of carbonyl (C=O) groups is 1. The Labute approximate surface area is 171 Å². The molecule has 0 bridgehead atoms. The molecule has 0 saturated carbocycles. The van der Waals surface area contributed by atoms with Crippen molar-refractivity contribution in [1.29, 1.82) is 0 Å². The van der Waals surface area contributed by atoms with Gasteiger partial charge in [0.15, 0.2) is 12.6 Å². The highest BCUT2D eigenvalue weighted by Crippen LogP contribution is 2.36. The van der Waals surface area contributed by atoms with E-state index >= 15 is 0 Å². The first kappa shape index (κ1) is 20.9. The third kappa shape index (κ3) is 5.38. The van der Waals surface area contributed by atoms with Gasteiger partial charge in [0.05, 0.1) is 18.8 Å². The Balaban J connectivity index is 1.63. The van der Waals surface area contributed by atoms with Crippen LogP contribution in [0.25, 0.3) is 0 Å². The molecule has 1 amide bonds. The highest BCUT2D eigenvalue weighted by molar-refractivity contribution is 6.67. The number of halogens is 3. The molecule has 2 aliphatic rings. The lowest BCUT2D eigenvalue weighted by Gasteiger charge is -2.47. The predicted molar refractivity (Wildman–Crippen MR) is 98.6 cm³/mol. The van der Waals surface area contributed by atoms with Gasteiger partial charge in [-0.3, -0.25) is 0 Å². The SMILES string of the molecule is C[C@@H]1C(NC(=O)OCC(Cl)(Cl)Cl)C(O)OC2COC(c3ccccc3)O[C@H]21. The van der Waals surface area contributed by atoms with Gasteiger partial charge in [-0.2, -0.15) is 0 Å². The van der Waals surface area contributed by atoms with E-state index in [9.17, 15) is 9.90 Å². The van der Waals surface area contributed by atoms with Crippen molar-refractivity contribution in [3.63, 3.8) is 0 Å². The maximum Gasteiger partial charge on any atom is 0.407 e. The van der Waals surface area contributed by atoms with Crippen LogP contribution in [0.2, 0.25) is 0 Å². The highest BCUT2D eigenvalue weighted by Gasteiger charge is 2.48. The number of alkyl carbamates (subject to hydrolysis) is 1. The summed E-state index contributed by atoms with van der Waals surface area (Å²) in [5.41, 5.74) is 0.876. The maximum atomic E-state index is 12.0. The summed E-state index contributed by atoms with van der Waals surface area (Å²) in [6.07, 6.45) is -3.48. The van der Waals surface area contributed by atoms with Gasteiger partial charge < -0.3 is 29.4 Å². The molecule has 2 saturated heterocycles. The van der Waals surface area contributed by atoms with Gasteiger partial charge in [-0.15, -0.1) is 0 Å². The van der Waals surface area contributed by atoms with E-state index in [0.717, 1.165) is 5.56 Å². The summed E-state index contributed by atoms with van der Waals surface area (Å²) in [7, 11) is 0. The van der Waals surface area contributed by atoms with Crippen molar-refractivity contribution >= 4 is 40.9 Å².